The topological polar surface area (TPSA) is 134 Å². The number of nitrogens with zero attached hydrogens (tertiary/aromatic N) is 3. The summed E-state index contributed by atoms with van der Waals surface area (Å²) in [5.41, 5.74) is 6.44. The van der Waals surface area contributed by atoms with Crippen LogP contribution in [0.1, 0.15) is 24.0 Å². The molecule has 1 heterocycles. The Balaban J connectivity index is 1.19. The fourth-order valence-electron chi connectivity index (χ4n) is 5.13. The van der Waals surface area contributed by atoms with Gasteiger partial charge in [0.25, 0.3) is 20.2 Å². The molecule has 5 aromatic rings. The average Bonchev–Trinajstić information content (AvgIpc) is 3.63. The van der Waals surface area contributed by atoms with E-state index in [9.17, 15) is 16.8 Å². The molecule has 0 unspecified atom stereocenters. The molecule has 0 bridgehead atoms. The predicted octanol–water partition coefficient (Wildman–Crippen LogP) is 7.35. The van der Waals surface area contributed by atoms with E-state index in [1.54, 1.807) is 24.7 Å². The van der Waals surface area contributed by atoms with Crippen molar-refractivity contribution >= 4 is 49.2 Å². The summed E-state index contributed by atoms with van der Waals surface area (Å²) in [7, 11) is -5.42. The number of hydrogen-bond donors (Lipinski definition) is 0. The average molecular weight is 764 g/mol. The van der Waals surface area contributed by atoms with E-state index < -0.39 is 20.2 Å². The van der Waals surface area contributed by atoms with Gasteiger partial charge in [0.2, 0.25) is 0 Å². The molecular weight excluding hydrogens is 723 g/mol. The van der Waals surface area contributed by atoms with Crippen molar-refractivity contribution in [3.63, 3.8) is 0 Å². The number of rotatable bonds is 19. The first-order valence-electron chi connectivity index (χ1n) is 16.4. The smallest absolute Gasteiger partial charge is 0.264 e. The monoisotopic (exact) mass is 763 g/mol. The highest BCUT2D eigenvalue weighted by molar-refractivity contribution is 7.86. The van der Waals surface area contributed by atoms with E-state index in [-0.39, 0.29) is 13.2 Å². The molecule has 0 atom stereocenters. The van der Waals surface area contributed by atoms with Crippen molar-refractivity contribution in [2.45, 2.75) is 19.4 Å². The molecule has 274 valence electrons. The van der Waals surface area contributed by atoms with Gasteiger partial charge in [-0.1, -0.05) is 54.6 Å². The minimum absolute atomic E-state index is 0.0527. The molecule has 0 radical (unpaired) electrons. The Bertz CT molecular complexity index is 2100. The lowest BCUT2D eigenvalue weighted by Gasteiger charge is -2.25. The van der Waals surface area contributed by atoms with E-state index in [4.69, 9.17) is 22.8 Å². The van der Waals surface area contributed by atoms with Gasteiger partial charge >= 0.3 is 0 Å². The van der Waals surface area contributed by atoms with Crippen molar-refractivity contribution < 1.29 is 34.7 Å². The Hall–Kier alpha value is -4.60. The van der Waals surface area contributed by atoms with Crippen LogP contribution < -0.4 is 14.4 Å². The molecule has 0 spiro atoms. The number of methoxy groups -OCH3 is 1. The molecule has 4 aromatic carbocycles. The summed E-state index contributed by atoms with van der Waals surface area (Å²) in [6.07, 6.45) is 4.75. The maximum Gasteiger partial charge on any atom is 0.264 e. The van der Waals surface area contributed by atoms with Gasteiger partial charge in [-0.15, -0.1) is 11.3 Å². The highest BCUT2D eigenvalue weighted by atomic mass is 32.2. The van der Waals surface area contributed by atoms with E-state index in [2.05, 4.69) is 4.99 Å². The fourth-order valence-corrected chi connectivity index (χ4v) is 6.80. The zero-order chi connectivity index (χ0) is 37.0. The summed E-state index contributed by atoms with van der Waals surface area (Å²) in [6, 6.07) is 31.5. The van der Waals surface area contributed by atoms with Crippen LogP contribution in [0.3, 0.4) is 0 Å². The van der Waals surface area contributed by atoms with E-state index in [0.717, 1.165) is 56.8 Å². The molecule has 5 rings (SSSR count). The van der Waals surface area contributed by atoms with Crippen molar-refractivity contribution in [3.8, 4) is 33.3 Å². The molecule has 0 saturated carbocycles. The van der Waals surface area contributed by atoms with Crippen LogP contribution in [-0.2, 0) is 35.2 Å². The largest absolute Gasteiger partial charge is 0.493 e. The molecule has 0 fully saturated rings. The number of aromatic nitrogens is 1. The van der Waals surface area contributed by atoms with E-state index in [1.807, 2.05) is 107 Å². The Morgan fingerprint density at radius 3 is 2.02 bits per heavy atom. The first kappa shape index (κ1) is 38.6. The normalized spacial score (nSPS) is 11.9. The minimum Gasteiger partial charge on any atom is -0.493 e. The molecule has 0 aliphatic heterocycles. The fraction of sp³-hybridized carbons (Fsp3) is 0.263. The van der Waals surface area contributed by atoms with Gasteiger partial charge in [0, 0.05) is 41.5 Å². The standard InChI is InChI=1S/C38H41N3O8S3/c1-46-37-25-32(15-20-36(37)47-27-30-9-5-4-6-10-30)38-40-35(28-50-38)31-13-16-33(17-14-31)39-26-29-11-18-34(19-12-29)41(21-7-23-48-51(2,42)43)22-8-24-49-52(3,44)45/h4-6,9-20,25-26,28H,7-8,21-24,27H2,1-3H3. The summed E-state index contributed by atoms with van der Waals surface area (Å²) in [4.78, 5) is 11.5. The quantitative estimate of drug-likeness (QED) is 0.0478. The van der Waals surface area contributed by atoms with Gasteiger partial charge in [-0.05, 0) is 66.4 Å². The second-order valence-electron chi connectivity index (χ2n) is 11.8. The van der Waals surface area contributed by atoms with Crippen LogP contribution in [0.2, 0.25) is 0 Å². The summed E-state index contributed by atoms with van der Waals surface area (Å²) >= 11 is 1.56. The van der Waals surface area contributed by atoms with Gasteiger partial charge in [-0.3, -0.25) is 13.4 Å². The predicted molar refractivity (Wildman–Crippen MR) is 207 cm³/mol. The molecule has 11 nitrogen and oxygen atoms in total. The first-order chi connectivity index (χ1) is 25.0. The maximum absolute atomic E-state index is 11.3. The van der Waals surface area contributed by atoms with E-state index >= 15 is 0 Å². The third kappa shape index (κ3) is 12.3. The molecule has 0 aliphatic carbocycles. The molecule has 0 saturated heterocycles. The van der Waals surface area contributed by atoms with Crippen LogP contribution in [0.5, 0.6) is 11.5 Å². The van der Waals surface area contributed by atoms with Crippen molar-refractivity contribution in [2.24, 2.45) is 4.99 Å². The molecule has 0 N–H and O–H groups in total. The Morgan fingerprint density at radius 1 is 0.769 bits per heavy atom. The zero-order valence-electron chi connectivity index (χ0n) is 29.2. The lowest BCUT2D eigenvalue weighted by Crippen LogP contribution is -2.27. The third-order valence-corrected chi connectivity index (χ3v) is 9.76. The zero-order valence-corrected chi connectivity index (χ0v) is 31.6. The van der Waals surface area contributed by atoms with Gasteiger partial charge in [-0.2, -0.15) is 16.8 Å². The second-order valence-corrected chi connectivity index (χ2v) is 16.0. The Kier molecular flexibility index (Phi) is 13.6. The van der Waals surface area contributed by atoms with Crippen LogP contribution in [0, 0.1) is 0 Å². The lowest BCUT2D eigenvalue weighted by atomic mass is 10.1. The summed E-state index contributed by atoms with van der Waals surface area (Å²) in [6.45, 7) is 1.58. The summed E-state index contributed by atoms with van der Waals surface area (Å²) in [5, 5.41) is 2.90. The van der Waals surface area contributed by atoms with Crippen LogP contribution in [0.4, 0.5) is 11.4 Å². The molecular formula is C38H41N3O8S3. The highest BCUT2D eigenvalue weighted by Crippen LogP contribution is 2.36. The molecule has 1 aromatic heterocycles. The SMILES string of the molecule is COc1cc(-c2nc(-c3ccc(N=Cc4ccc(N(CCCOS(C)(=O)=O)CCCOS(C)(=O)=O)cc4)cc3)cs2)ccc1OCc1ccccc1. The van der Waals surface area contributed by atoms with Crippen molar-refractivity contribution in [3.05, 3.63) is 114 Å². The maximum atomic E-state index is 11.3. The van der Waals surface area contributed by atoms with Gasteiger partial charge in [0.15, 0.2) is 11.5 Å². The number of hydrogen-bond acceptors (Lipinski definition) is 12. The van der Waals surface area contributed by atoms with Crippen LogP contribution in [0.25, 0.3) is 21.8 Å². The van der Waals surface area contributed by atoms with Crippen molar-refractivity contribution in [2.75, 3.05) is 50.8 Å². The van der Waals surface area contributed by atoms with Gasteiger partial charge < -0.3 is 14.4 Å². The van der Waals surface area contributed by atoms with Gasteiger partial charge in [-0.25, -0.2) is 4.98 Å². The Labute approximate surface area is 309 Å². The first-order valence-corrected chi connectivity index (χ1v) is 21.0. The van der Waals surface area contributed by atoms with Crippen LogP contribution >= 0.6 is 11.3 Å². The van der Waals surface area contributed by atoms with E-state index in [0.29, 0.717) is 44.0 Å². The van der Waals surface area contributed by atoms with Gasteiger partial charge in [0.05, 0.1) is 44.2 Å². The number of ether oxygens (including phenoxy) is 2. The number of aliphatic imine (C=N–C) groups is 1. The molecule has 0 amide bonds. The lowest BCUT2D eigenvalue weighted by molar-refractivity contribution is 0.284. The summed E-state index contributed by atoms with van der Waals surface area (Å²) < 4.78 is 66.7. The van der Waals surface area contributed by atoms with Crippen molar-refractivity contribution in [1.29, 1.82) is 0 Å². The van der Waals surface area contributed by atoms with E-state index in [1.165, 1.54) is 0 Å². The van der Waals surface area contributed by atoms with Crippen LogP contribution in [-0.4, -0.2) is 74.0 Å². The highest BCUT2D eigenvalue weighted by Gasteiger charge is 2.13. The van der Waals surface area contributed by atoms with Gasteiger partial charge in [0.1, 0.15) is 11.6 Å². The molecule has 52 heavy (non-hydrogen) atoms. The Morgan fingerprint density at radius 2 is 1.40 bits per heavy atom. The third-order valence-electron chi connectivity index (χ3n) is 7.68. The number of benzene rings is 4. The van der Waals surface area contributed by atoms with Crippen molar-refractivity contribution in [1.82, 2.24) is 4.98 Å². The second kappa shape index (κ2) is 18.2. The molecule has 0 aliphatic rings. The minimum atomic E-state index is -3.53. The summed E-state index contributed by atoms with van der Waals surface area (Å²) in [5.74, 6) is 1.32. The van der Waals surface area contributed by atoms with Crippen LogP contribution in [0.15, 0.2) is 107 Å². The number of thiazole rings is 1. The number of anilines is 1. The molecule has 14 heteroatoms.